The summed E-state index contributed by atoms with van der Waals surface area (Å²) < 4.78 is 5.98. The Bertz CT molecular complexity index is 1080. The summed E-state index contributed by atoms with van der Waals surface area (Å²) in [6.45, 7) is 4.53. The van der Waals surface area contributed by atoms with Crippen LogP contribution in [0.1, 0.15) is 128 Å². The van der Waals surface area contributed by atoms with Crippen LogP contribution in [0.2, 0.25) is 0 Å². The van der Waals surface area contributed by atoms with E-state index in [0.717, 1.165) is 27.5 Å². The van der Waals surface area contributed by atoms with Crippen LogP contribution < -0.4 is 0 Å². The Labute approximate surface area is 264 Å². The first-order valence-corrected chi connectivity index (χ1v) is 18.6. The normalized spacial score (nSPS) is 11.9. The van der Waals surface area contributed by atoms with E-state index in [9.17, 15) is 9.90 Å². The van der Waals surface area contributed by atoms with Gasteiger partial charge in [0.15, 0.2) is 0 Å². The number of benzene rings is 3. The third-order valence-electron chi connectivity index (χ3n) is 8.42. The first-order chi connectivity index (χ1) is 21.1. The van der Waals surface area contributed by atoms with E-state index in [-0.39, 0.29) is 0 Å². The molecule has 1 N–H and O–H groups in total. The minimum Gasteiger partial charge on any atom is -0.449 e. The molecule has 43 heavy (non-hydrogen) atoms. The number of hydrogen-bond donors (Lipinski definition) is 1. The Kier molecular flexibility index (Phi) is 16.4. The smallest absolute Gasteiger partial charge is 0.449 e. The second kappa shape index (κ2) is 20.3. The molecule has 0 aliphatic heterocycles. The summed E-state index contributed by atoms with van der Waals surface area (Å²) in [5.41, 5.74) is 2.60. The first-order valence-electron chi connectivity index (χ1n) is 17.1. The SMILES string of the molecule is CCCCCCCCCCc1ccc(S(OC(=O)O)(c2ccccc2)c2ccc(CCCCCCCCCC)cc2)cc1. The molecule has 3 aromatic rings. The lowest BCUT2D eigenvalue weighted by Gasteiger charge is -2.38. The maximum Gasteiger partial charge on any atom is 0.517 e. The molecule has 0 atom stereocenters. The molecule has 0 heterocycles. The highest BCUT2D eigenvalue weighted by Gasteiger charge is 2.35. The van der Waals surface area contributed by atoms with Crippen molar-refractivity contribution in [1.29, 1.82) is 0 Å². The number of carboxylic acid groups (broad SMARTS) is 1. The summed E-state index contributed by atoms with van der Waals surface area (Å²) in [6.07, 6.45) is 21.8. The molecule has 0 spiro atoms. The maximum atomic E-state index is 12.2. The van der Waals surface area contributed by atoms with Crippen molar-refractivity contribution >= 4 is 16.5 Å². The molecular weight excluding hydrogens is 548 g/mol. The second-order valence-electron chi connectivity index (χ2n) is 12.0. The van der Waals surface area contributed by atoms with Crippen LogP contribution in [-0.2, 0) is 17.0 Å². The standard InChI is InChI=1S/C39H56O3S/c1-3-5-7-9-11-13-15-18-22-34-26-30-37(31-27-34)43(42-39(40)41,36-24-20-17-21-25-36)38-32-28-35(29-33-38)23-19-16-14-12-10-8-6-4-2/h17,20-21,24-33H,3-16,18-19,22-23H2,1-2H3,(H,40,41). The van der Waals surface area contributed by atoms with Gasteiger partial charge in [-0.2, -0.15) is 0 Å². The maximum absolute atomic E-state index is 12.2. The van der Waals surface area contributed by atoms with Gasteiger partial charge in [-0.3, -0.25) is 0 Å². The van der Waals surface area contributed by atoms with Crippen LogP contribution in [0.5, 0.6) is 0 Å². The molecule has 3 nitrogen and oxygen atoms in total. The lowest BCUT2D eigenvalue weighted by molar-refractivity contribution is 0.150. The predicted octanol–water partition coefficient (Wildman–Crippen LogP) is 12.9. The number of rotatable bonds is 22. The van der Waals surface area contributed by atoms with Crippen LogP contribution in [0.3, 0.4) is 0 Å². The van der Waals surface area contributed by atoms with E-state index < -0.39 is 16.5 Å². The molecular formula is C39H56O3S. The van der Waals surface area contributed by atoms with Crippen molar-refractivity contribution in [3.05, 3.63) is 90.0 Å². The Morgan fingerprint density at radius 3 is 1.23 bits per heavy atom. The fourth-order valence-corrected chi connectivity index (χ4v) is 8.79. The Morgan fingerprint density at radius 1 is 0.512 bits per heavy atom. The van der Waals surface area contributed by atoms with E-state index in [0.29, 0.717) is 0 Å². The van der Waals surface area contributed by atoms with Crippen molar-refractivity contribution in [2.45, 2.75) is 144 Å². The topological polar surface area (TPSA) is 46.5 Å². The monoisotopic (exact) mass is 604 g/mol. The molecule has 4 heteroatoms. The van der Waals surface area contributed by atoms with Gasteiger partial charge >= 0.3 is 6.16 Å². The lowest BCUT2D eigenvalue weighted by atomic mass is 10.0. The van der Waals surface area contributed by atoms with Crippen LogP contribution in [0, 0.1) is 0 Å². The van der Waals surface area contributed by atoms with Crippen molar-refractivity contribution in [3.8, 4) is 0 Å². The van der Waals surface area contributed by atoms with Crippen LogP contribution in [0.4, 0.5) is 4.79 Å². The zero-order valence-electron chi connectivity index (χ0n) is 26.9. The van der Waals surface area contributed by atoms with E-state index in [1.54, 1.807) is 0 Å². The van der Waals surface area contributed by atoms with E-state index in [1.165, 1.54) is 114 Å². The van der Waals surface area contributed by atoms with Crippen molar-refractivity contribution in [2.75, 3.05) is 0 Å². The molecule has 0 unspecified atom stereocenters. The number of unbranched alkanes of at least 4 members (excludes halogenated alkanes) is 14. The van der Waals surface area contributed by atoms with Crippen LogP contribution in [0.25, 0.3) is 0 Å². The molecule has 0 aliphatic carbocycles. The Balaban J connectivity index is 1.70. The fraction of sp³-hybridized carbons (Fsp3) is 0.513. The number of hydrogen-bond acceptors (Lipinski definition) is 2. The third kappa shape index (κ3) is 11.7. The first kappa shape index (κ1) is 34.8. The van der Waals surface area contributed by atoms with Crippen molar-refractivity contribution in [1.82, 2.24) is 0 Å². The molecule has 0 aliphatic rings. The quantitative estimate of drug-likeness (QED) is 0.116. The highest BCUT2D eigenvalue weighted by atomic mass is 32.3. The summed E-state index contributed by atoms with van der Waals surface area (Å²) in [6, 6.07) is 27.0. The molecule has 0 saturated carbocycles. The van der Waals surface area contributed by atoms with Gasteiger partial charge in [-0.1, -0.05) is 146 Å². The molecule has 0 fully saturated rings. The van der Waals surface area contributed by atoms with E-state index >= 15 is 0 Å². The zero-order valence-corrected chi connectivity index (χ0v) is 27.7. The van der Waals surface area contributed by atoms with Crippen molar-refractivity contribution < 1.29 is 14.1 Å². The number of carbonyl (C=O) groups is 1. The van der Waals surface area contributed by atoms with Crippen molar-refractivity contribution in [3.63, 3.8) is 0 Å². The van der Waals surface area contributed by atoms with Crippen molar-refractivity contribution in [2.24, 2.45) is 0 Å². The van der Waals surface area contributed by atoms with E-state index in [1.807, 2.05) is 30.3 Å². The highest BCUT2D eigenvalue weighted by Crippen LogP contribution is 2.69. The number of aryl methyl sites for hydroxylation is 2. The molecule has 0 amide bonds. The van der Waals surface area contributed by atoms with Crippen LogP contribution in [0.15, 0.2) is 93.5 Å². The van der Waals surface area contributed by atoms with Crippen LogP contribution in [-0.4, -0.2) is 11.3 Å². The van der Waals surface area contributed by atoms with Gasteiger partial charge in [-0.05, 0) is 83.5 Å². The van der Waals surface area contributed by atoms with Gasteiger partial charge in [0.2, 0.25) is 0 Å². The summed E-state index contributed by atoms with van der Waals surface area (Å²) in [5, 5.41) is 10.0. The van der Waals surface area contributed by atoms with E-state index in [4.69, 9.17) is 4.18 Å². The molecule has 3 aromatic carbocycles. The van der Waals surface area contributed by atoms with E-state index in [2.05, 4.69) is 62.4 Å². The van der Waals surface area contributed by atoms with Gasteiger partial charge in [0.1, 0.15) is 0 Å². The second-order valence-corrected chi connectivity index (χ2v) is 14.6. The minimum atomic E-state index is -2.45. The van der Waals surface area contributed by atoms with Gasteiger partial charge in [-0.15, -0.1) is 0 Å². The largest absolute Gasteiger partial charge is 0.517 e. The van der Waals surface area contributed by atoms with Gasteiger partial charge in [0.05, 0.1) is 0 Å². The summed E-state index contributed by atoms with van der Waals surface area (Å²) in [7, 11) is -2.45. The Hall–Kier alpha value is -2.72. The summed E-state index contributed by atoms with van der Waals surface area (Å²) in [5.74, 6) is 0. The third-order valence-corrected chi connectivity index (χ3v) is 11.6. The van der Waals surface area contributed by atoms with Crippen LogP contribution >= 0.6 is 10.3 Å². The molecule has 3 rings (SSSR count). The van der Waals surface area contributed by atoms with Gasteiger partial charge in [-0.25, -0.2) is 4.79 Å². The van der Waals surface area contributed by atoms with Gasteiger partial charge in [0.25, 0.3) is 0 Å². The minimum absolute atomic E-state index is 0.893. The average molecular weight is 605 g/mol. The Morgan fingerprint density at radius 2 is 0.860 bits per heavy atom. The molecule has 0 radical (unpaired) electrons. The zero-order chi connectivity index (χ0) is 30.6. The summed E-state index contributed by atoms with van der Waals surface area (Å²) in [4.78, 5) is 15.0. The van der Waals surface area contributed by atoms with Gasteiger partial charge in [0, 0.05) is 14.7 Å². The molecule has 0 aromatic heterocycles. The fourth-order valence-electron chi connectivity index (χ4n) is 5.89. The molecule has 0 saturated heterocycles. The predicted molar refractivity (Wildman–Crippen MR) is 183 cm³/mol. The molecule has 236 valence electrons. The average Bonchev–Trinajstić information content (AvgIpc) is 3.03. The highest BCUT2D eigenvalue weighted by molar-refractivity contribution is 8.30. The van der Waals surface area contributed by atoms with Gasteiger partial charge < -0.3 is 9.29 Å². The summed E-state index contributed by atoms with van der Waals surface area (Å²) >= 11 is 0. The lowest BCUT2D eigenvalue weighted by Crippen LogP contribution is -2.12. The molecule has 0 bridgehead atoms.